The highest BCUT2D eigenvalue weighted by atomic mass is 16.5. The maximum absolute atomic E-state index is 12.7. The zero-order valence-electron chi connectivity index (χ0n) is 16.3. The van der Waals surface area contributed by atoms with E-state index in [9.17, 15) is 14.8 Å². The molecule has 156 valence electrons. The minimum Gasteiger partial charge on any atom is -0.316 e. The Hall–Kier alpha value is -2.82. The first-order valence-corrected chi connectivity index (χ1v) is 9.67. The smallest absolute Gasteiger partial charge is 0.251 e. The van der Waals surface area contributed by atoms with E-state index in [2.05, 4.69) is 15.8 Å². The number of nitrogens with zero attached hydrogens (tertiary/aromatic N) is 4. The molecule has 10 nitrogen and oxygen atoms in total. The number of amides is 2. The van der Waals surface area contributed by atoms with E-state index in [1.165, 1.54) is 0 Å². The van der Waals surface area contributed by atoms with Crippen LogP contribution in [0.4, 0.5) is 5.69 Å². The van der Waals surface area contributed by atoms with Crippen LogP contribution in [0.1, 0.15) is 55.0 Å². The van der Waals surface area contributed by atoms with Crippen molar-refractivity contribution in [1.29, 1.82) is 0 Å². The molecule has 29 heavy (non-hydrogen) atoms. The van der Waals surface area contributed by atoms with Gasteiger partial charge in [0.2, 0.25) is 5.91 Å². The minimum absolute atomic E-state index is 0.227. The second-order valence-electron chi connectivity index (χ2n) is 7.22. The first-order chi connectivity index (χ1) is 14.0. The van der Waals surface area contributed by atoms with Gasteiger partial charge in [-0.1, -0.05) is 35.8 Å². The van der Waals surface area contributed by atoms with Gasteiger partial charge in [-0.25, -0.2) is 5.48 Å². The normalized spacial score (nSPS) is 15.6. The van der Waals surface area contributed by atoms with Crippen molar-refractivity contribution >= 4 is 17.5 Å². The molecule has 2 amide bonds. The van der Waals surface area contributed by atoms with Crippen molar-refractivity contribution in [2.75, 3.05) is 4.90 Å². The number of aryl methyl sites for hydroxylation is 2. The van der Waals surface area contributed by atoms with E-state index in [-0.39, 0.29) is 18.4 Å². The van der Waals surface area contributed by atoms with Gasteiger partial charge in [0.1, 0.15) is 11.7 Å². The Morgan fingerprint density at radius 1 is 1.21 bits per heavy atom. The third kappa shape index (κ3) is 4.97. The second kappa shape index (κ2) is 9.59. The fraction of sp³-hybridized carbons (Fsp3) is 0.474. The van der Waals surface area contributed by atoms with Crippen LogP contribution in [0.2, 0.25) is 0 Å². The molecule has 2 aromatic rings. The quantitative estimate of drug-likeness (QED) is 0.270. The van der Waals surface area contributed by atoms with Crippen LogP contribution < -0.4 is 15.9 Å². The molecular weight excluding hydrogens is 376 g/mol. The summed E-state index contributed by atoms with van der Waals surface area (Å²) in [6, 6.07) is 4.93. The van der Waals surface area contributed by atoms with E-state index in [4.69, 9.17) is 5.21 Å². The molecule has 1 aromatic carbocycles. The van der Waals surface area contributed by atoms with Gasteiger partial charge in [0.25, 0.3) is 5.91 Å². The predicted molar refractivity (Wildman–Crippen MR) is 103 cm³/mol. The maximum atomic E-state index is 12.7. The van der Waals surface area contributed by atoms with Crippen LogP contribution in [0.3, 0.4) is 0 Å². The average Bonchev–Trinajstić information content (AvgIpc) is 3.26. The van der Waals surface area contributed by atoms with Gasteiger partial charge >= 0.3 is 0 Å². The summed E-state index contributed by atoms with van der Waals surface area (Å²) in [5.41, 5.74) is 6.92. The van der Waals surface area contributed by atoms with Gasteiger partial charge in [0.15, 0.2) is 0 Å². The lowest BCUT2D eigenvalue weighted by atomic mass is 10.1. The van der Waals surface area contributed by atoms with Crippen molar-refractivity contribution in [3.63, 3.8) is 0 Å². The molecule has 10 heteroatoms. The number of fused-ring (bicyclic) bond motifs is 1. The highest BCUT2D eigenvalue weighted by Crippen LogP contribution is 2.37. The minimum atomic E-state index is -0.771. The standard InChI is InChI=1S/C19H26N6O4/c1-13-7-8-16-15(10-13)18(22-29)19(27)25(16)12-14-11-24(23-20-14)9-5-3-2-4-6-17(26)21-28/h7-8,10-11,18,22,28-29H,2-6,9,12H2,1H3,(H,21,26). The predicted octanol–water partition coefficient (Wildman–Crippen LogP) is 1.61. The van der Waals surface area contributed by atoms with E-state index in [1.54, 1.807) is 15.1 Å². The Labute approximate surface area is 168 Å². The van der Waals surface area contributed by atoms with Crippen molar-refractivity contribution in [1.82, 2.24) is 26.0 Å². The fourth-order valence-electron chi connectivity index (χ4n) is 3.50. The first kappa shape index (κ1) is 20.9. The summed E-state index contributed by atoms with van der Waals surface area (Å²) in [7, 11) is 0. The van der Waals surface area contributed by atoms with Crippen LogP contribution in [0, 0.1) is 6.92 Å². The number of rotatable bonds is 10. The fourth-order valence-corrected chi connectivity index (χ4v) is 3.50. The summed E-state index contributed by atoms with van der Waals surface area (Å²) in [4.78, 5) is 25.2. The Kier molecular flexibility index (Phi) is 6.91. The number of hydroxylamine groups is 2. The van der Waals surface area contributed by atoms with Gasteiger partial charge in [-0.05, 0) is 25.8 Å². The second-order valence-corrected chi connectivity index (χ2v) is 7.22. The zero-order chi connectivity index (χ0) is 20.8. The van der Waals surface area contributed by atoms with Crippen LogP contribution >= 0.6 is 0 Å². The summed E-state index contributed by atoms with van der Waals surface area (Å²) in [5, 5.41) is 26.1. The van der Waals surface area contributed by atoms with E-state index in [0.717, 1.165) is 42.5 Å². The number of aromatic nitrogens is 3. The largest absolute Gasteiger partial charge is 0.316 e. The third-order valence-corrected chi connectivity index (χ3v) is 5.00. The summed E-state index contributed by atoms with van der Waals surface area (Å²) in [5.74, 6) is -0.590. The molecule has 0 fully saturated rings. The molecular formula is C19H26N6O4. The van der Waals surface area contributed by atoms with Crippen LogP contribution in [0.5, 0.6) is 0 Å². The van der Waals surface area contributed by atoms with E-state index in [0.29, 0.717) is 18.7 Å². The van der Waals surface area contributed by atoms with Crippen LogP contribution in [-0.2, 0) is 22.7 Å². The lowest BCUT2D eigenvalue weighted by Gasteiger charge is -2.16. The highest BCUT2D eigenvalue weighted by Gasteiger charge is 2.37. The molecule has 1 unspecified atom stereocenters. The van der Waals surface area contributed by atoms with E-state index in [1.807, 2.05) is 31.3 Å². The van der Waals surface area contributed by atoms with Crippen molar-refractivity contribution in [2.24, 2.45) is 0 Å². The monoisotopic (exact) mass is 402 g/mol. The summed E-state index contributed by atoms with van der Waals surface area (Å²) >= 11 is 0. The molecule has 0 radical (unpaired) electrons. The van der Waals surface area contributed by atoms with Crippen molar-refractivity contribution in [3.8, 4) is 0 Å². The maximum Gasteiger partial charge on any atom is 0.251 e. The highest BCUT2D eigenvalue weighted by molar-refractivity contribution is 6.04. The van der Waals surface area contributed by atoms with Gasteiger partial charge in [-0.2, -0.15) is 5.48 Å². The van der Waals surface area contributed by atoms with Gasteiger partial charge in [-0.3, -0.25) is 19.5 Å². The lowest BCUT2D eigenvalue weighted by molar-refractivity contribution is -0.129. The number of benzene rings is 1. The van der Waals surface area contributed by atoms with Gasteiger partial charge in [0, 0.05) is 24.2 Å². The number of carbonyl (C=O) groups excluding carboxylic acids is 2. The molecule has 0 aliphatic carbocycles. The molecule has 1 aliphatic heterocycles. The molecule has 0 spiro atoms. The molecule has 4 N–H and O–H groups in total. The summed E-state index contributed by atoms with van der Waals surface area (Å²) in [6.45, 7) is 2.92. The van der Waals surface area contributed by atoms with Gasteiger partial charge in [0.05, 0.1) is 12.7 Å². The molecule has 2 heterocycles. The number of unbranched alkanes of at least 4 members (excludes halogenated alkanes) is 3. The van der Waals surface area contributed by atoms with Crippen molar-refractivity contribution < 1.29 is 20.0 Å². The lowest BCUT2D eigenvalue weighted by Crippen LogP contribution is -2.33. The Balaban J connectivity index is 1.53. The summed E-state index contributed by atoms with van der Waals surface area (Å²) in [6.07, 6.45) is 5.59. The van der Waals surface area contributed by atoms with Crippen LogP contribution in [-0.4, -0.2) is 37.2 Å². The molecule has 1 aromatic heterocycles. The Morgan fingerprint density at radius 2 is 2.00 bits per heavy atom. The van der Waals surface area contributed by atoms with Gasteiger partial charge in [-0.15, -0.1) is 5.10 Å². The van der Waals surface area contributed by atoms with E-state index < -0.39 is 6.04 Å². The third-order valence-electron chi connectivity index (χ3n) is 5.00. The number of anilines is 1. The molecule has 0 saturated carbocycles. The molecule has 0 saturated heterocycles. The van der Waals surface area contributed by atoms with Gasteiger partial charge < -0.3 is 10.1 Å². The van der Waals surface area contributed by atoms with E-state index >= 15 is 0 Å². The number of nitrogens with one attached hydrogen (secondary N) is 2. The number of hydrogen-bond acceptors (Lipinski definition) is 7. The topological polar surface area (TPSA) is 133 Å². The Morgan fingerprint density at radius 3 is 2.76 bits per heavy atom. The molecule has 3 rings (SSSR count). The number of hydrogen-bond donors (Lipinski definition) is 4. The average molecular weight is 402 g/mol. The van der Waals surface area contributed by atoms with Crippen molar-refractivity contribution in [2.45, 2.75) is 58.2 Å². The zero-order valence-corrected chi connectivity index (χ0v) is 16.3. The molecule has 1 aliphatic rings. The van der Waals surface area contributed by atoms with Crippen molar-refractivity contribution in [3.05, 3.63) is 41.2 Å². The van der Waals surface area contributed by atoms with Crippen LogP contribution in [0.25, 0.3) is 0 Å². The number of carbonyl (C=O) groups is 2. The Bertz CT molecular complexity index is 868. The molecule has 0 bridgehead atoms. The molecule has 1 atom stereocenters. The summed E-state index contributed by atoms with van der Waals surface area (Å²) < 4.78 is 1.74. The van der Waals surface area contributed by atoms with Crippen LogP contribution in [0.15, 0.2) is 24.4 Å². The SMILES string of the molecule is Cc1ccc2c(c1)C(NO)C(=O)N2Cc1cn(CCCCCCC(=O)NO)nn1. The first-order valence-electron chi connectivity index (χ1n) is 9.67.